The molecule has 0 spiro atoms. The molecule has 1 aromatic carbocycles. The summed E-state index contributed by atoms with van der Waals surface area (Å²) in [4.78, 5) is 11.7. The van der Waals surface area contributed by atoms with Crippen LogP contribution in [-0.2, 0) is 14.8 Å². The van der Waals surface area contributed by atoms with Gasteiger partial charge in [0.1, 0.15) is 0 Å². The van der Waals surface area contributed by atoms with Gasteiger partial charge in [0.2, 0.25) is 15.9 Å². The Labute approximate surface area is 106 Å². The van der Waals surface area contributed by atoms with E-state index in [0.29, 0.717) is 18.0 Å². The van der Waals surface area contributed by atoms with Gasteiger partial charge in [-0.15, -0.1) is 0 Å². The van der Waals surface area contributed by atoms with Crippen LogP contribution in [0.15, 0.2) is 29.2 Å². The van der Waals surface area contributed by atoms with Crippen molar-refractivity contribution in [3.63, 3.8) is 0 Å². The summed E-state index contributed by atoms with van der Waals surface area (Å²) in [5.41, 5.74) is 0.464. The summed E-state index contributed by atoms with van der Waals surface area (Å²) in [5.74, 6) is 0.401. The van der Waals surface area contributed by atoms with Gasteiger partial charge >= 0.3 is 0 Å². The summed E-state index contributed by atoms with van der Waals surface area (Å²) in [6.45, 7) is 0. The van der Waals surface area contributed by atoms with E-state index in [9.17, 15) is 13.2 Å². The van der Waals surface area contributed by atoms with Crippen LogP contribution in [0.3, 0.4) is 0 Å². The largest absolute Gasteiger partial charge is 0.326 e. The summed E-state index contributed by atoms with van der Waals surface area (Å²) < 4.78 is 22.3. The van der Waals surface area contributed by atoms with Crippen LogP contribution in [0.25, 0.3) is 0 Å². The summed E-state index contributed by atoms with van der Waals surface area (Å²) in [6.07, 6.45) is 3.90. The number of hydrogen-bond donors (Lipinski definition) is 2. The molecule has 1 aliphatic carbocycles. The number of anilines is 1. The van der Waals surface area contributed by atoms with Crippen molar-refractivity contribution in [2.75, 3.05) is 5.32 Å². The molecule has 0 heterocycles. The highest BCUT2D eigenvalue weighted by molar-refractivity contribution is 7.89. The Morgan fingerprint density at radius 1 is 1.39 bits per heavy atom. The van der Waals surface area contributed by atoms with E-state index in [2.05, 4.69) is 5.32 Å². The Balaban J connectivity index is 2.02. The quantitative estimate of drug-likeness (QED) is 0.866. The number of nitrogens with two attached hydrogens (primary N) is 1. The monoisotopic (exact) mass is 268 g/mol. The van der Waals surface area contributed by atoms with Crippen LogP contribution in [0.2, 0.25) is 0 Å². The fourth-order valence-corrected chi connectivity index (χ4v) is 2.48. The predicted molar refractivity (Wildman–Crippen MR) is 68.4 cm³/mol. The van der Waals surface area contributed by atoms with E-state index in [4.69, 9.17) is 5.14 Å². The van der Waals surface area contributed by atoms with Crippen LogP contribution in [0.4, 0.5) is 5.69 Å². The average Bonchev–Trinajstić information content (AvgIpc) is 2.23. The lowest BCUT2D eigenvalue weighted by atomic mass is 9.83. The first kappa shape index (κ1) is 13.0. The Morgan fingerprint density at radius 3 is 2.67 bits per heavy atom. The van der Waals surface area contributed by atoms with Crippen molar-refractivity contribution in [2.24, 2.45) is 11.1 Å². The van der Waals surface area contributed by atoms with E-state index in [0.717, 1.165) is 12.8 Å². The first-order valence-electron chi connectivity index (χ1n) is 5.88. The Morgan fingerprint density at radius 2 is 2.11 bits per heavy atom. The molecule has 0 atom stereocenters. The Hall–Kier alpha value is -1.40. The zero-order chi connectivity index (χ0) is 13.2. The molecule has 6 heteroatoms. The van der Waals surface area contributed by atoms with Crippen LogP contribution in [-0.4, -0.2) is 14.3 Å². The molecule has 98 valence electrons. The number of carbonyl (C=O) groups excluding carboxylic acids is 1. The molecule has 18 heavy (non-hydrogen) atoms. The van der Waals surface area contributed by atoms with Gasteiger partial charge in [0, 0.05) is 12.1 Å². The number of hydrogen-bond acceptors (Lipinski definition) is 3. The van der Waals surface area contributed by atoms with Crippen LogP contribution < -0.4 is 10.5 Å². The highest BCUT2D eigenvalue weighted by Gasteiger charge is 2.20. The molecule has 1 amide bonds. The fraction of sp³-hybridized carbons (Fsp3) is 0.417. The van der Waals surface area contributed by atoms with E-state index < -0.39 is 10.0 Å². The van der Waals surface area contributed by atoms with E-state index in [-0.39, 0.29) is 10.8 Å². The first-order valence-corrected chi connectivity index (χ1v) is 7.42. The van der Waals surface area contributed by atoms with Gasteiger partial charge in [-0.05, 0) is 37.0 Å². The number of sulfonamides is 1. The standard InChI is InChI=1S/C12H16N2O3S/c13-18(16,17)11-6-2-5-10(8-11)14-12(15)7-9-3-1-4-9/h2,5-6,8-9H,1,3-4,7H2,(H,14,15)(H2,13,16,17). The summed E-state index contributed by atoms with van der Waals surface area (Å²) in [7, 11) is -3.73. The second-order valence-corrected chi connectivity index (χ2v) is 6.18. The maximum atomic E-state index is 11.7. The third kappa shape index (κ3) is 3.30. The van der Waals surface area contributed by atoms with Crippen molar-refractivity contribution in [3.8, 4) is 0 Å². The normalized spacial score (nSPS) is 16.1. The van der Waals surface area contributed by atoms with E-state index in [1.54, 1.807) is 12.1 Å². The zero-order valence-corrected chi connectivity index (χ0v) is 10.7. The molecule has 3 N–H and O–H groups in total. The third-order valence-electron chi connectivity index (χ3n) is 3.15. The van der Waals surface area contributed by atoms with Gasteiger partial charge in [-0.1, -0.05) is 12.5 Å². The molecule has 1 fully saturated rings. The zero-order valence-electron chi connectivity index (χ0n) is 9.93. The van der Waals surface area contributed by atoms with Crippen molar-refractivity contribution in [2.45, 2.75) is 30.6 Å². The highest BCUT2D eigenvalue weighted by Crippen LogP contribution is 2.29. The Kier molecular flexibility index (Phi) is 3.68. The topological polar surface area (TPSA) is 89.3 Å². The maximum absolute atomic E-state index is 11.7. The van der Waals surface area contributed by atoms with Crippen molar-refractivity contribution in [3.05, 3.63) is 24.3 Å². The summed E-state index contributed by atoms with van der Waals surface area (Å²) in [5, 5.41) is 7.72. The molecule has 0 unspecified atom stereocenters. The van der Waals surface area contributed by atoms with Gasteiger partial charge in [-0.25, -0.2) is 13.6 Å². The molecular weight excluding hydrogens is 252 g/mol. The van der Waals surface area contributed by atoms with Gasteiger partial charge < -0.3 is 5.32 Å². The molecular formula is C12H16N2O3S. The van der Waals surface area contributed by atoms with Gasteiger partial charge in [-0.3, -0.25) is 4.79 Å². The molecule has 1 saturated carbocycles. The lowest BCUT2D eigenvalue weighted by Gasteiger charge is -2.24. The van der Waals surface area contributed by atoms with Crippen molar-refractivity contribution in [1.29, 1.82) is 0 Å². The maximum Gasteiger partial charge on any atom is 0.238 e. The van der Waals surface area contributed by atoms with Crippen molar-refractivity contribution < 1.29 is 13.2 Å². The van der Waals surface area contributed by atoms with Gasteiger partial charge in [0.15, 0.2) is 0 Å². The molecule has 0 aliphatic heterocycles. The van der Waals surface area contributed by atoms with E-state index in [1.165, 1.54) is 18.6 Å². The molecule has 0 saturated heterocycles. The molecule has 2 rings (SSSR count). The lowest BCUT2D eigenvalue weighted by molar-refractivity contribution is -0.117. The van der Waals surface area contributed by atoms with E-state index >= 15 is 0 Å². The first-order chi connectivity index (χ1) is 8.45. The predicted octanol–water partition coefficient (Wildman–Crippen LogP) is 1.46. The summed E-state index contributed by atoms with van der Waals surface area (Å²) in [6, 6.07) is 5.97. The number of primary sulfonamides is 1. The number of amides is 1. The van der Waals surface area contributed by atoms with E-state index in [1.807, 2.05) is 0 Å². The van der Waals surface area contributed by atoms with Crippen molar-refractivity contribution >= 4 is 21.6 Å². The number of nitrogens with one attached hydrogen (secondary N) is 1. The minimum Gasteiger partial charge on any atom is -0.326 e. The second-order valence-electron chi connectivity index (χ2n) is 4.62. The minimum absolute atomic E-state index is 0.00365. The molecule has 0 radical (unpaired) electrons. The Bertz CT molecular complexity index is 550. The van der Waals surface area contributed by atoms with Crippen LogP contribution in [0.5, 0.6) is 0 Å². The molecule has 0 bridgehead atoms. The minimum atomic E-state index is -3.73. The number of benzene rings is 1. The number of carbonyl (C=O) groups is 1. The molecule has 1 aromatic rings. The molecule has 1 aliphatic rings. The van der Waals surface area contributed by atoms with Gasteiger partial charge in [-0.2, -0.15) is 0 Å². The number of rotatable bonds is 4. The van der Waals surface area contributed by atoms with Crippen molar-refractivity contribution in [1.82, 2.24) is 0 Å². The van der Waals surface area contributed by atoms with Gasteiger partial charge in [0.05, 0.1) is 4.90 Å². The molecule has 5 nitrogen and oxygen atoms in total. The summed E-state index contributed by atoms with van der Waals surface area (Å²) >= 11 is 0. The third-order valence-corrected chi connectivity index (χ3v) is 4.06. The van der Waals surface area contributed by atoms with Crippen LogP contribution in [0.1, 0.15) is 25.7 Å². The second kappa shape index (κ2) is 5.07. The van der Waals surface area contributed by atoms with Crippen LogP contribution >= 0.6 is 0 Å². The average molecular weight is 268 g/mol. The fourth-order valence-electron chi connectivity index (χ4n) is 1.92. The van der Waals surface area contributed by atoms with Crippen LogP contribution in [0, 0.1) is 5.92 Å². The SMILES string of the molecule is NS(=O)(=O)c1cccc(NC(=O)CC2CCC2)c1. The smallest absolute Gasteiger partial charge is 0.238 e. The van der Waals surface area contributed by atoms with Gasteiger partial charge in [0.25, 0.3) is 0 Å². The lowest BCUT2D eigenvalue weighted by Crippen LogP contribution is -2.21. The highest BCUT2D eigenvalue weighted by atomic mass is 32.2. The molecule has 0 aromatic heterocycles.